The molecule has 0 rings (SSSR count). The second-order valence-corrected chi connectivity index (χ2v) is 4.28. The van der Waals surface area contributed by atoms with E-state index >= 15 is 0 Å². The first-order valence-corrected chi connectivity index (χ1v) is 5.27. The van der Waals surface area contributed by atoms with Gasteiger partial charge in [-0.05, 0) is 25.9 Å². The third-order valence-corrected chi connectivity index (χ3v) is 2.08. The first-order valence-electron chi connectivity index (χ1n) is 5.27. The SMILES string of the molecule is CC(C)CCN(C)CCNCC(F)(F)F. The van der Waals surface area contributed by atoms with Gasteiger partial charge in [0.2, 0.25) is 0 Å². The average Bonchev–Trinajstić information content (AvgIpc) is 2.07. The lowest BCUT2D eigenvalue weighted by Gasteiger charge is -2.18. The zero-order valence-corrected chi connectivity index (χ0v) is 9.69. The average molecular weight is 226 g/mol. The van der Waals surface area contributed by atoms with Crippen LogP contribution in [0, 0.1) is 5.92 Å². The summed E-state index contributed by atoms with van der Waals surface area (Å²) in [4.78, 5) is 2.05. The third-order valence-electron chi connectivity index (χ3n) is 2.08. The third kappa shape index (κ3) is 11.6. The summed E-state index contributed by atoms with van der Waals surface area (Å²) in [6.45, 7) is 5.35. The molecule has 92 valence electrons. The van der Waals surface area contributed by atoms with E-state index in [-0.39, 0.29) is 0 Å². The molecule has 0 aliphatic carbocycles. The van der Waals surface area contributed by atoms with E-state index in [9.17, 15) is 13.2 Å². The molecule has 5 heteroatoms. The molecule has 0 bridgehead atoms. The normalized spacial score (nSPS) is 12.8. The molecule has 0 aliphatic heterocycles. The molecule has 0 atom stereocenters. The van der Waals surface area contributed by atoms with Crippen LogP contribution in [-0.2, 0) is 0 Å². The Bertz CT molecular complexity index is 157. The molecule has 15 heavy (non-hydrogen) atoms. The molecule has 0 aromatic rings. The zero-order valence-electron chi connectivity index (χ0n) is 9.69. The quantitative estimate of drug-likeness (QED) is 0.669. The van der Waals surface area contributed by atoms with E-state index in [1.807, 2.05) is 11.9 Å². The van der Waals surface area contributed by atoms with Crippen molar-refractivity contribution in [2.24, 2.45) is 5.92 Å². The fourth-order valence-electron chi connectivity index (χ4n) is 1.09. The Morgan fingerprint density at radius 2 is 1.80 bits per heavy atom. The molecule has 0 aromatic carbocycles. The van der Waals surface area contributed by atoms with Gasteiger partial charge in [0.25, 0.3) is 0 Å². The van der Waals surface area contributed by atoms with Crippen molar-refractivity contribution >= 4 is 0 Å². The van der Waals surface area contributed by atoms with Crippen LogP contribution in [0.25, 0.3) is 0 Å². The minimum Gasteiger partial charge on any atom is -0.307 e. The summed E-state index contributed by atoms with van der Waals surface area (Å²) in [6.07, 6.45) is -3.02. The molecule has 0 heterocycles. The number of halogens is 3. The minimum atomic E-state index is -4.10. The fraction of sp³-hybridized carbons (Fsp3) is 1.00. The number of nitrogens with one attached hydrogen (secondary N) is 1. The van der Waals surface area contributed by atoms with Crippen LogP contribution in [0.1, 0.15) is 20.3 Å². The van der Waals surface area contributed by atoms with Crippen LogP contribution in [-0.4, -0.2) is 44.3 Å². The van der Waals surface area contributed by atoms with Crippen LogP contribution in [0.15, 0.2) is 0 Å². The van der Waals surface area contributed by atoms with Crippen molar-refractivity contribution in [3.05, 3.63) is 0 Å². The van der Waals surface area contributed by atoms with E-state index in [1.54, 1.807) is 0 Å². The van der Waals surface area contributed by atoms with Gasteiger partial charge in [-0.15, -0.1) is 0 Å². The highest BCUT2D eigenvalue weighted by atomic mass is 19.4. The van der Waals surface area contributed by atoms with Gasteiger partial charge in [0.05, 0.1) is 6.54 Å². The molecule has 1 N–H and O–H groups in total. The predicted molar refractivity (Wildman–Crippen MR) is 55.9 cm³/mol. The topological polar surface area (TPSA) is 15.3 Å². The van der Waals surface area contributed by atoms with E-state index < -0.39 is 12.7 Å². The molecule has 2 nitrogen and oxygen atoms in total. The van der Waals surface area contributed by atoms with E-state index in [4.69, 9.17) is 0 Å². The molecule has 0 saturated heterocycles. The second kappa shape index (κ2) is 7.06. The van der Waals surface area contributed by atoms with Gasteiger partial charge in [-0.2, -0.15) is 13.2 Å². The molecule has 0 saturated carbocycles. The number of hydrogen-bond donors (Lipinski definition) is 1. The maximum absolute atomic E-state index is 11.8. The highest BCUT2D eigenvalue weighted by Gasteiger charge is 2.25. The smallest absolute Gasteiger partial charge is 0.307 e. The van der Waals surface area contributed by atoms with Crippen LogP contribution >= 0.6 is 0 Å². The van der Waals surface area contributed by atoms with Crippen LogP contribution < -0.4 is 5.32 Å². The van der Waals surface area contributed by atoms with Crippen molar-refractivity contribution in [2.75, 3.05) is 33.2 Å². The Labute approximate surface area is 89.8 Å². The summed E-state index contributed by atoms with van der Waals surface area (Å²) in [7, 11) is 1.93. The number of rotatable bonds is 7. The van der Waals surface area contributed by atoms with Gasteiger partial charge < -0.3 is 10.2 Å². The lowest BCUT2D eigenvalue weighted by atomic mass is 10.1. The van der Waals surface area contributed by atoms with Gasteiger partial charge in [-0.25, -0.2) is 0 Å². The summed E-state index contributed by atoms with van der Waals surface area (Å²) in [5.41, 5.74) is 0. The molecule has 0 unspecified atom stereocenters. The number of hydrogen-bond acceptors (Lipinski definition) is 2. The molecular formula is C10H21F3N2. The Morgan fingerprint density at radius 3 is 2.27 bits per heavy atom. The Hall–Kier alpha value is -0.290. The van der Waals surface area contributed by atoms with E-state index in [1.165, 1.54) is 0 Å². The first-order chi connectivity index (χ1) is 6.81. The monoisotopic (exact) mass is 226 g/mol. The first kappa shape index (κ1) is 14.7. The maximum atomic E-state index is 11.8. The van der Waals surface area contributed by atoms with Crippen molar-refractivity contribution in [1.29, 1.82) is 0 Å². The van der Waals surface area contributed by atoms with Crippen molar-refractivity contribution in [2.45, 2.75) is 26.4 Å². The van der Waals surface area contributed by atoms with Crippen molar-refractivity contribution in [1.82, 2.24) is 10.2 Å². The highest BCUT2D eigenvalue weighted by Crippen LogP contribution is 2.11. The van der Waals surface area contributed by atoms with Gasteiger partial charge in [0.15, 0.2) is 0 Å². The maximum Gasteiger partial charge on any atom is 0.401 e. The number of likely N-dealkylation sites (N-methyl/N-ethyl adjacent to an activating group) is 1. The number of nitrogens with zero attached hydrogens (tertiary/aromatic N) is 1. The standard InChI is InChI=1S/C10H21F3N2/c1-9(2)4-6-15(3)7-5-14-8-10(11,12)13/h9,14H,4-8H2,1-3H3. The predicted octanol–water partition coefficient (Wildman–Crippen LogP) is 2.12. The summed E-state index contributed by atoms with van der Waals surface area (Å²) >= 11 is 0. The molecule has 0 fully saturated rings. The summed E-state index contributed by atoms with van der Waals surface area (Å²) in [6, 6.07) is 0. The molecule has 0 aromatic heterocycles. The largest absolute Gasteiger partial charge is 0.401 e. The van der Waals surface area contributed by atoms with Gasteiger partial charge in [-0.3, -0.25) is 0 Å². The Balaban J connectivity index is 3.35. The van der Waals surface area contributed by atoms with Crippen molar-refractivity contribution in [3.63, 3.8) is 0 Å². The van der Waals surface area contributed by atoms with Gasteiger partial charge in [0, 0.05) is 13.1 Å². The summed E-state index contributed by atoms with van der Waals surface area (Å²) in [5.74, 6) is 0.635. The molecule has 0 spiro atoms. The van der Waals surface area contributed by atoms with Gasteiger partial charge in [0.1, 0.15) is 0 Å². The lowest BCUT2D eigenvalue weighted by Crippen LogP contribution is -2.35. The molecule has 0 aliphatic rings. The summed E-state index contributed by atoms with van der Waals surface area (Å²) in [5, 5.41) is 2.38. The fourth-order valence-corrected chi connectivity index (χ4v) is 1.09. The van der Waals surface area contributed by atoms with Gasteiger partial charge >= 0.3 is 6.18 Å². The van der Waals surface area contributed by atoms with Crippen LogP contribution in [0.4, 0.5) is 13.2 Å². The molecular weight excluding hydrogens is 205 g/mol. The van der Waals surface area contributed by atoms with E-state index in [0.29, 0.717) is 19.0 Å². The van der Waals surface area contributed by atoms with E-state index in [2.05, 4.69) is 19.2 Å². The zero-order chi connectivity index (χ0) is 11.9. The van der Waals surface area contributed by atoms with Crippen LogP contribution in [0.2, 0.25) is 0 Å². The highest BCUT2D eigenvalue weighted by molar-refractivity contribution is 4.59. The van der Waals surface area contributed by atoms with Crippen LogP contribution in [0.3, 0.4) is 0 Å². The number of alkyl halides is 3. The Kier molecular flexibility index (Phi) is 6.92. The van der Waals surface area contributed by atoms with E-state index in [0.717, 1.165) is 13.0 Å². The van der Waals surface area contributed by atoms with Crippen LogP contribution in [0.5, 0.6) is 0 Å². The van der Waals surface area contributed by atoms with Gasteiger partial charge in [-0.1, -0.05) is 13.8 Å². The summed E-state index contributed by atoms with van der Waals surface area (Å²) < 4.78 is 35.3. The van der Waals surface area contributed by atoms with Crippen molar-refractivity contribution in [3.8, 4) is 0 Å². The second-order valence-electron chi connectivity index (χ2n) is 4.28. The Morgan fingerprint density at radius 1 is 1.20 bits per heavy atom. The molecule has 0 amide bonds. The molecule has 0 radical (unpaired) electrons. The minimum absolute atomic E-state index is 0.383. The lowest BCUT2D eigenvalue weighted by molar-refractivity contribution is -0.124. The van der Waals surface area contributed by atoms with Crippen molar-refractivity contribution < 1.29 is 13.2 Å².